The number of aryl methyl sites for hydroxylation is 2. The summed E-state index contributed by atoms with van der Waals surface area (Å²) in [6, 6.07) is 2.19. The van der Waals surface area contributed by atoms with Gasteiger partial charge in [0.1, 0.15) is 0 Å². The Labute approximate surface area is 78.9 Å². The number of benzene rings is 1. The number of hydrogen-bond donors (Lipinski definition) is 2. The highest BCUT2D eigenvalue weighted by molar-refractivity contribution is 5.73. The van der Waals surface area contributed by atoms with Crippen molar-refractivity contribution in [3.63, 3.8) is 0 Å². The van der Waals surface area contributed by atoms with Crippen LogP contribution >= 0.6 is 0 Å². The van der Waals surface area contributed by atoms with E-state index in [0.717, 1.165) is 23.4 Å². The summed E-state index contributed by atoms with van der Waals surface area (Å²) in [6.07, 6.45) is 4.81. The molecule has 1 aliphatic carbocycles. The van der Waals surface area contributed by atoms with E-state index in [9.17, 15) is 0 Å². The third kappa shape index (κ3) is 1.26. The van der Waals surface area contributed by atoms with Gasteiger partial charge in [-0.1, -0.05) is 6.07 Å². The second-order valence-electron chi connectivity index (χ2n) is 3.87. The van der Waals surface area contributed by atoms with Crippen LogP contribution in [0.4, 0.5) is 11.4 Å². The van der Waals surface area contributed by atoms with Crippen LogP contribution in [0.1, 0.15) is 29.5 Å². The first-order valence-corrected chi connectivity index (χ1v) is 4.86. The summed E-state index contributed by atoms with van der Waals surface area (Å²) in [7, 11) is 0. The van der Waals surface area contributed by atoms with Crippen molar-refractivity contribution in [2.75, 3.05) is 11.5 Å². The van der Waals surface area contributed by atoms with E-state index >= 15 is 0 Å². The van der Waals surface area contributed by atoms with Crippen LogP contribution in [-0.2, 0) is 12.8 Å². The average Bonchev–Trinajstić information content (AvgIpc) is 2.15. The van der Waals surface area contributed by atoms with Gasteiger partial charge in [0.05, 0.1) is 11.4 Å². The molecule has 0 unspecified atom stereocenters. The third-order valence-corrected chi connectivity index (χ3v) is 2.94. The normalized spacial score (nSPS) is 15.5. The molecule has 0 heterocycles. The lowest BCUT2D eigenvalue weighted by molar-refractivity contribution is 0.687. The van der Waals surface area contributed by atoms with Crippen molar-refractivity contribution in [3.8, 4) is 0 Å². The fourth-order valence-corrected chi connectivity index (χ4v) is 2.11. The maximum absolute atomic E-state index is 5.98. The number of fused-ring (bicyclic) bond motifs is 1. The van der Waals surface area contributed by atoms with Crippen molar-refractivity contribution in [1.29, 1.82) is 0 Å². The van der Waals surface area contributed by atoms with Crippen molar-refractivity contribution >= 4 is 11.4 Å². The predicted octanol–water partition coefficient (Wildman–Crippen LogP) is 2.04. The Balaban J connectivity index is 2.60. The molecule has 1 aromatic rings. The summed E-state index contributed by atoms with van der Waals surface area (Å²) in [5, 5.41) is 0. The van der Waals surface area contributed by atoms with Crippen molar-refractivity contribution < 1.29 is 0 Å². The van der Waals surface area contributed by atoms with Crippen molar-refractivity contribution in [2.45, 2.75) is 32.6 Å². The molecule has 0 atom stereocenters. The lowest BCUT2D eigenvalue weighted by atomic mass is 9.88. The van der Waals surface area contributed by atoms with E-state index in [1.54, 1.807) is 0 Å². The van der Waals surface area contributed by atoms with Gasteiger partial charge in [-0.05, 0) is 49.3 Å². The van der Waals surface area contributed by atoms with E-state index in [0.29, 0.717) is 0 Å². The van der Waals surface area contributed by atoms with E-state index in [-0.39, 0.29) is 0 Å². The van der Waals surface area contributed by atoms with Crippen LogP contribution in [0.25, 0.3) is 0 Å². The SMILES string of the molecule is Cc1cc2c(c(N)c1N)CCCC2. The molecule has 0 radical (unpaired) electrons. The van der Waals surface area contributed by atoms with Crippen LogP contribution in [-0.4, -0.2) is 0 Å². The Morgan fingerprint density at radius 2 is 1.77 bits per heavy atom. The fourth-order valence-electron chi connectivity index (χ4n) is 2.11. The maximum atomic E-state index is 5.98. The van der Waals surface area contributed by atoms with Gasteiger partial charge in [-0.2, -0.15) is 0 Å². The summed E-state index contributed by atoms with van der Waals surface area (Å²) in [5.74, 6) is 0. The van der Waals surface area contributed by atoms with Crippen molar-refractivity contribution in [3.05, 3.63) is 22.8 Å². The van der Waals surface area contributed by atoms with Crippen LogP contribution in [0.2, 0.25) is 0 Å². The molecule has 0 saturated carbocycles. The van der Waals surface area contributed by atoms with Gasteiger partial charge in [0.25, 0.3) is 0 Å². The van der Waals surface area contributed by atoms with Crippen LogP contribution in [0, 0.1) is 6.92 Å². The van der Waals surface area contributed by atoms with Gasteiger partial charge < -0.3 is 11.5 Å². The maximum Gasteiger partial charge on any atom is 0.0585 e. The summed E-state index contributed by atoms with van der Waals surface area (Å²) < 4.78 is 0. The van der Waals surface area contributed by atoms with E-state index < -0.39 is 0 Å². The molecule has 4 N–H and O–H groups in total. The molecule has 0 saturated heterocycles. The topological polar surface area (TPSA) is 52.0 Å². The van der Waals surface area contributed by atoms with E-state index in [1.165, 1.54) is 30.4 Å². The zero-order valence-electron chi connectivity index (χ0n) is 8.06. The summed E-state index contributed by atoms with van der Waals surface area (Å²) in [4.78, 5) is 0. The number of nitrogen functional groups attached to an aromatic ring is 2. The Morgan fingerprint density at radius 1 is 1.08 bits per heavy atom. The smallest absolute Gasteiger partial charge is 0.0585 e. The number of nitrogens with two attached hydrogens (primary N) is 2. The quantitative estimate of drug-likeness (QED) is 0.594. The van der Waals surface area contributed by atoms with Crippen LogP contribution in [0.15, 0.2) is 6.07 Å². The van der Waals surface area contributed by atoms with Gasteiger partial charge in [-0.25, -0.2) is 0 Å². The molecule has 0 fully saturated rings. The minimum Gasteiger partial charge on any atom is -0.397 e. The lowest BCUT2D eigenvalue weighted by Gasteiger charge is -2.20. The minimum atomic E-state index is 0.778. The van der Waals surface area contributed by atoms with E-state index in [4.69, 9.17) is 11.5 Å². The largest absolute Gasteiger partial charge is 0.397 e. The number of anilines is 2. The molecule has 0 aromatic heterocycles. The van der Waals surface area contributed by atoms with Gasteiger partial charge >= 0.3 is 0 Å². The zero-order valence-corrected chi connectivity index (χ0v) is 8.06. The van der Waals surface area contributed by atoms with Crippen molar-refractivity contribution in [1.82, 2.24) is 0 Å². The fraction of sp³-hybridized carbons (Fsp3) is 0.455. The second-order valence-corrected chi connectivity index (χ2v) is 3.87. The first-order valence-electron chi connectivity index (χ1n) is 4.86. The third-order valence-electron chi connectivity index (χ3n) is 2.94. The number of rotatable bonds is 0. The molecule has 0 aliphatic heterocycles. The van der Waals surface area contributed by atoms with Gasteiger partial charge in [-0.3, -0.25) is 0 Å². The molecule has 0 bridgehead atoms. The Morgan fingerprint density at radius 3 is 2.54 bits per heavy atom. The molecule has 2 rings (SSSR count). The van der Waals surface area contributed by atoms with E-state index in [1.807, 2.05) is 6.92 Å². The van der Waals surface area contributed by atoms with E-state index in [2.05, 4.69) is 6.07 Å². The lowest BCUT2D eigenvalue weighted by Crippen LogP contribution is -2.09. The Kier molecular flexibility index (Phi) is 1.91. The second kappa shape index (κ2) is 2.95. The Hall–Kier alpha value is -1.18. The van der Waals surface area contributed by atoms with Crippen LogP contribution in [0.3, 0.4) is 0 Å². The summed E-state index contributed by atoms with van der Waals surface area (Å²) >= 11 is 0. The number of hydrogen-bond acceptors (Lipinski definition) is 2. The first kappa shape index (κ1) is 8.42. The van der Waals surface area contributed by atoms with Crippen LogP contribution < -0.4 is 11.5 Å². The Bertz CT molecular complexity index is 342. The van der Waals surface area contributed by atoms with Crippen molar-refractivity contribution in [2.24, 2.45) is 0 Å². The molecule has 0 spiro atoms. The highest BCUT2D eigenvalue weighted by Gasteiger charge is 2.14. The monoisotopic (exact) mass is 176 g/mol. The highest BCUT2D eigenvalue weighted by atomic mass is 14.7. The zero-order chi connectivity index (χ0) is 9.42. The minimum absolute atomic E-state index is 0.778. The molecule has 13 heavy (non-hydrogen) atoms. The molecule has 70 valence electrons. The molecule has 2 heteroatoms. The molecular formula is C11H16N2. The standard InChI is InChI=1S/C11H16N2/c1-7-6-8-4-2-3-5-9(8)11(13)10(7)12/h6H,2-5,12-13H2,1H3. The molecule has 2 nitrogen and oxygen atoms in total. The van der Waals surface area contributed by atoms with Gasteiger partial charge in [-0.15, -0.1) is 0 Å². The first-order chi connectivity index (χ1) is 6.20. The molecule has 1 aromatic carbocycles. The predicted molar refractivity (Wildman–Crippen MR) is 56.6 cm³/mol. The van der Waals surface area contributed by atoms with Crippen LogP contribution in [0.5, 0.6) is 0 Å². The summed E-state index contributed by atoms with van der Waals surface area (Å²) in [5.41, 5.74) is 17.3. The summed E-state index contributed by atoms with van der Waals surface area (Å²) in [6.45, 7) is 2.03. The molecule has 0 amide bonds. The molecule has 1 aliphatic rings. The van der Waals surface area contributed by atoms with Gasteiger partial charge in [0.2, 0.25) is 0 Å². The highest BCUT2D eigenvalue weighted by Crippen LogP contribution is 2.32. The molecular weight excluding hydrogens is 160 g/mol. The average molecular weight is 176 g/mol. The van der Waals surface area contributed by atoms with Gasteiger partial charge in [0.15, 0.2) is 0 Å². The van der Waals surface area contributed by atoms with Gasteiger partial charge in [0, 0.05) is 0 Å².